The molecule has 0 saturated carbocycles. The smallest absolute Gasteiger partial charge is 0.243 e. The number of nitrogens with zero attached hydrogens (tertiary/aromatic N) is 1. The van der Waals surface area contributed by atoms with E-state index in [9.17, 15) is 22.0 Å². The second-order valence-electron chi connectivity index (χ2n) is 6.20. The van der Waals surface area contributed by atoms with E-state index in [4.69, 9.17) is 0 Å². The van der Waals surface area contributed by atoms with Gasteiger partial charge in [0.25, 0.3) is 0 Å². The molecule has 1 N–H and O–H groups in total. The normalized spacial score (nSPS) is 18.3. The van der Waals surface area contributed by atoms with Crippen molar-refractivity contribution in [2.45, 2.75) is 30.2 Å². The maximum atomic E-state index is 13.4. The Balaban J connectivity index is 1.85. The predicted octanol–water partition coefficient (Wildman–Crippen LogP) is 3.91. The van der Waals surface area contributed by atoms with Crippen molar-refractivity contribution in [2.75, 3.05) is 11.9 Å². The van der Waals surface area contributed by atoms with Crippen molar-refractivity contribution in [3.8, 4) is 0 Å². The molecule has 1 aliphatic rings. The molecule has 0 radical (unpaired) electrons. The van der Waals surface area contributed by atoms with Crippen molar-refractivity contribution in [1.82, 2.24) is 4.31 Å². The zero-order valence-electron chi connectivity index (χ0n) is 14.2. The minimum Gasteiger partial charge on any atom is -0.325 e. The largest absolute Gasteiger partial charge is 0.325 e. The first-order chi connectivity index (χ1) is 12.8. The van der Waals surface area contributed by atoms with Gasteiger partial charge in [-0.05, 0) is 49.2 Å². The highest BCUT2D eigenvalue weighted by atomic mass is 79.9. The van der Waals surface area contributed by atoms with Crippen molar-refractivity contribution in [3.05, 3.63) is 58.6 Å². The van der Waals surface area contributed by atoms with Crippen molar-refractivity contribution < 1.29 is 22.0 Å². The standard InChI is InChI=1S/C18H17BrF2N2O3S/c19-12-4-7-14(8-5-12)27(25,26)23-10-2-1-3-17(23)18(24)22-13-6-9-15(20)16(21)11-13/h4-9,11,17H,1-3,10H2,(H,22,24)/t17-/m1/s1. The molecule has 1 aliphatic heterocycles. The highest BCUT2D eigenvalue weighted by Crippen LogP contribution is 2.27. The van der Waals surface area contributed by atoms with Gasteiger partial charge in [0.2, 0.25) is 15.9 Å². The topological polar surface area (TPSA) is 66.5 Å². The first-order valence-electron chi connectivity index (χ1n) is 8.32. The van der Waals surface area contributed by atoms with E-state index in [1.807, 2.05) is 0 Å². The monoisotopic (exact) mass is 458 g/mol. The van der Waals surface area contributed by atoms with E-state index in [-0.39, 0.29) is 17.1 Å². The minimum absolute atomic E-state index is 0.0745. The van der Waals surface area contributed by atoms with E-state index in [0.29, 0.717) is 19.3 Å². The second-order valence-corrected chi connectivity index (χ2v) is 9.01. The Kier molecular flexibility index (Phi) is 5.92. The number of rotatable bonds is 4. The highest BCUT2D eigenvalue weighted by Gasteiger charge is 2.37. The van der Waals surface area contributed by atoms with Gasteiger partial charge < -0.3 is 5.32 Å². The van der Waals surface area contributed by atoms with Crippen LogP contribution in [0.1, 0.15) is 19.3 Å². The Labute approximate surface area is 164 Å². The summed E-state index contributed by atoms with van der Waals surface area (Å²) in [4.78, 5) is 12.8. The third-order valence-electron chi connectivity index (χ3n) is 4.36. The SMILES string of the molecule is O=C(Nc1ccc(F)c(F)c1)[C@H]1CCCCN1S(=O)(=O)c1ccc(Br)cc1. The van der Waals surface area contributed by atoms with Crippen LogP contribution < -0.4 is 5.32 Å². The summed E-state index contributed by atoms with van der Waals surface area (Å²) in [5, 5.41) is 2.48. The minimum atomic E-state index is -3.86. The van der Waals surface area contributed by atoms with Crippen molar-refractivity contribution >= 4 is 37.5 Å². The Morgan fingerprint density at radius 1 is 1.07 bits per heavy atom. The lowest BCUT2D eigenvalue weighted by molar-refractivity contribution is -0.120. The van der Waals surface area contributed by atoms with Gasteiger partial charge in [-0.15, -0.1) is 0 Å². The maximum Gasteiger partial charge on any atom is 0.243 e. The molecule has 1 heterocycles. The van der Waals surface area contributed by atoms with Crippen molar-refractivity contribution in [2.24, 2.45) is 0 Å². The van der Waals surface area contributed by atoms with Crippen molar-refractivity contribution in [3.63, 3.8) is 0 Å². The van der Waals surface area contributed by atoms with Gasteiger partial charge in [-0.3, -0.25) is 4.79 Å². The van der Waals surface area contributed by atoms with Crippen LogP contribution in [-0.4, -0.2) is 31.2 Å². The van der Waals surface area contributed by atoms with Crippen LogP contribution in [0.25, 0.3) is 0 Å². The van der Waals surface area contributed by atoms with Gasteiger partial charge in [0.15, 0.2) is 11.6 Å². The molecular weight excluding hydrogens is 442 g/mol. The van der Waals surface area contributed by atoms with Crippen LogP contribution in [0.15, 0.2) is 51.8 Å². The molecule has 0 bridgehead atoms. The number of amides is 1. The molecule has 0 spiro atoms. The van der Waals surface area contributed by atoms with E-state index in [1.54, 1.807) is 12.1 Å². The first kappa shape index (κ1) is 19.9. The third-order valence-corrected chi connectivity index (χ3v) is 6.81. The molecule has 2 aromatic rings. The van der Waals surface area contributed by atoms with E-state index >= 15 is 0 Å². The van der Waals surface area contributed by atoms with Gasteiger partial charge in [-0.1, -0.05) is 22.4 Å². The second kappa shape index (κ2) is 8.04. The number of benzene rings is 2. The van der Waals surface area contributed by atoms with Crippen LogP contribution in [0.4, 0.5) is 14.5 Å². The Morgan fingerprint density at radius 2 is 1.78 bits per heavy atom. The van der Waals surface area contributed by atoms with E-state index in [0.717, 1.165) is 16.6 Å². The Bertz CT molecular complexity index is 952. The van der Waals surface area contributed by atoms with Crippen LogP contribution in [0, 0.1) is 11.6 Å². The van der Waals surface area contributed by atoms with Gasteiger partial charge >= 0.3 is 0 Å². The fourth-order valence-corrected chi connectivity index (χ4v) is 4.92. The summed E-state index contributed by atoms with van der Waals surface area (Å²) in [5.74, 6) is -2.68. The molecule has 0 unspecified atom stereocenters. The Morgan fingerprint density at radius 3 is 2.44 bits per heavy atom. The molecule has 144 valence electrons. The molecule has 1 saturated heterocycles. The van der Waals surface area contributed by atoms with Crippen molar-refractivity contribution in [1.29, 1.82) is 0 Å². The molecular formula is C18H17BrF2N2O3S. The van der Waals surface area contributed by atoms with Gasteiger partial charge in [-0.25, -0.2) is 17.2 Å². The van der Waals surface area contributed by atoms with E-state index < -0.39 is 33.6 Å². The fraction of sp³-hybridized carbons (Fsp3) is 0.278. The number of piperidine rings is 1. The summed E-state index contributed by atoms with van der Waals surface area (Å²) in [6.45, 7) is 0.217. The molecule has 9 heteroatoms. The van der Waals surface area contributed by atoms with Gasteiger partial charge in [-0.2, -0.15) is 4.31 Å². The van der Waals surface area contributed by atoms with Crippen LogP contribution in [-0.2, 0) is 14.8 Å². The summed E-state index contributed by atoms with van der Waals surface area (Å²) in [6, 6.07) is 8.26. The summed E-state index contributed by atoms with van der Waals surface area (Å²) in [5.41, 5.74) is 0.0745. The zero-order chi connectivity index (χ0) is 19.6. The molecule has 27 heavy (non-hydrogen) atoms. The van der Waals surface area contributed by atoms with Gasteiger partial charge in [0, 0.05) is 22.8 Å². The summed E-state index contributed by atoms with van der Waals surface area (Å²) < 4.78 is 54.3. The lowest BCUT2D eigenvalue weighted by atomic mass is 10.0. The number of hydrogen-bond donors (Lipinski definition) is 1. The van der Waals surface area contributed by atoms with E-state index in [2.05, 4.69) is 21.2 Å². The number of anilines is 1. The molecule has 1 amide bonds. The number of hydrogen-bond acceptors (Lipinski definition) is 3. The molecule has 0 aromatic heterocycles. The zero-order valence-corrected chi connectivity index (χ0v) is 16.6. The number of sulfonamides is 1. The average molecular weight is 459 g/mol. The molecule has 2 aromatic carbocycles. The predicted molar refractivity (Wildman–Crippen MR) is 101 cm³/mol. The molecule has 0 aliphatic carbocycles. The number of carbonyl (C=O) groups is 1. The summed E-state index contributed by atoms with van der Waals surface area (Å²) in [7, 11) is -3.86. The highest BCUT2D eigenvalue weighted by molar-refractivity contribution is 9.10. The van der Waals surface area contributed by atoms with Crippen LogP contribution in [0.3, 0.4) is 0 Å². The molecule has 1 atom stereocenters. The Hall–Kier alpha value is -1.84. The summed E-state index contributed by atoms with van der Waals surface area (Å²) >= 11 is 3.26. The van der Waals surface area contributed by atoms with Crippen LogP contribution in [0.2, 0.25) is 0 Å². The number of nitrogens with one attached hydrogen (secondary N) is 1. The lowest BCUT2D eigenvalue weighted by Gasteiger charge is -2.33. The summed E-state index contributed by atoms with van der Waals surface area (Å²) in [6.07, 6.45) is 1.69. The maximum absolute atomic E-state index is 13.4. The van der Waals surface area contributed by atoms with Crippen LogP contribution in [0.5, 0.6) is 0 Å². The average Bonchev–Trinajstić information content (AvgIpc) is 2.65. The van der Waals surface area contributed by atoms with Gasteiger partial charge in [0.05, 0.1) is 4.90 Å². The quantitative estimate of drug-likeness (QED) is 0.754. The van der Waals surface area contributed by atoms with Gasteiger partial charge in [0.1, 0.15) is 6.04 Å². The fourth-order valence-electron chi connectivity index (χ4n) is 3.00. The molecule has 5 nitrogen and oxygen atoms in total. The lowest BCUT2D eigenvalue weighted by Crippen LogP contribution is -2.49. The third kappa shape index (κ3) is 4.36. The first-order valence-corrected chi connectivity index (χ1v) is 10.6. The number of carbonyl (C=O) groups excluding carboxylic acids is 1. The molecule has 3 rings (SSSR count). The molecule has 1 fully saturated rings. The van der Waals surface area contributed by atoms with Crippen LogP contribution >= 0.6 is 15.9 Å². The number of halogens is 3. The van der Waals surface area contributed by atoms with E-state index in [1.165, 1.54) is 22.5 Å².